The molecule has 1 amide bonds. The van der Waals surface area contributed by atoms with Crippen molar-refractivity contribution in [2.75, 3.05) is 26.9 Å². The molecule has 1 aromatic heterocycles. The number of benzene rings is 2. The van der Waals surface area contributed by atoms with E-state index in [1.54, 1.807) is 0 Å². The Labute approximate surface area is 197 Å². The molecular formula is C27H37N3O3. The summed E-state index contributed by atoms with van der Waals surface area (Å²) in [6, 6.07) is 14.7. The second-order valence-electron chi connectivity index (χ2n) is 8.59. The zero-order chi connectivity index (χ0) is 23.5. The molecule has 0 saturated heterocycles. The minimum absolute atomic E-state index is 0.0548. The first-order valence-corrected chi connectivity index (χ1v) is 12.0. The summed E-state index contributed by atoms with van der Waals surface area (Å²) in [5.41, 5.74) is 4.67. The standard InChI is InChI=1S/C27H37N3O3/c1-21-14-15-22(2)25(19-21)33-18-10-9-17-30-24-12-7-6-11-23(24)29-26(30)13-5-4-8-16-28-27(31)20-32-3/h6-7,11-12,14-15,19H,4-5,8-10,13,16-18,20H2,1-3H3,(H,28,31). The summed E-state index contributed by atoms with van der Waals surface area (Å²) >= 11 is 0. The first kappa shape index (κ1) is 24.8. The van der Waals surface area contributed by atoms with Crippen molar-refractivity contribution >= 4 is 16.9 Å². The van der Waals surface area contributed by atoms with Gasteiger partial charge in [0.15, 0.2) is 0 Å². The predicted molar refractivity (Wildman–Crippen MR) is 133 cm³/mol. The number of para-hydroxylation sites is 2. The van der Waals surface area contributed by atoms with E-state index in [9.17, 15) is 4.79 Å². The largest absolute Gasteiger partial charge is 0.493 e. The molecule has 0 spiro atoms. The molecular weight excluding hydrogens is 414 g/mol. The van der Waals surface area contributed by atoms with Gasteiger partial charge in [-0.15, -0.1) is 0 Å². The van der Waals surface area contributed by atoms with Crippen molar-refractivity contribution in [2.45, 2.75) is 58.9 Å². The van der Waals surface area contributed by atoms with Gasteiger partial charge in [0.1, 0.15) is 18.2 Å². The molecule has 3 aromatic rings. The second-order valence-corrected chi connectivity index (χ2v) is 8.59. The molecule has 0 aliphatic heterocycles. The average Bonchev–Trinajstić information content (AvgIpc) is 3.15. The quantitative estimate of drug-likeness (QED) is 0.351. The number of rotatable bonds is 14. The van der Waals surface area contributed by atoms with E-state index in [0.717, 1.165) is 68.8 Å². The highest BCUT2D eigenvalue weighted by molar-refractivity contribution is 5.77. The SMILES string of the molecule is COCC(=O)NCCCCCc1nc2ccccc2n1CCCCOc1cc(C)ccc1C. The van der Waals surface area contributed by atoms with E-state index in [1.165, 1.54) is 23.8 Å². The molecule has 3 rings (SSSR count). The first-order valence-electron chi connectivity index (χ1n) is 12.0. The van der Waals surface area contributed by atoms with Crippen molar-refractivity contribution in [3.8, 4) is 5.75 Å². The molecule has 178 valence electrons. The third kappa shape index (κ3) is 7.60. The molecule has 33 heavy (non-hydrogen) atoms. The van der Waals surface area contributed by atoms with E-state index in [4.69, 9.17) is 14.5 Å². The Balaban J connectivity index is 1.47. The minimum atomic E-state index is -0.0548. The van der Waals surface area contributed by atoms with Crippen LogP contribution < -0.4 is 10.1 Å². The number of amides is 1. The van der Waals surface area contributed by atoms with Gasteiger partial charge in [0, 0.05) is 26.6 Å². The highest BCUT2D eigenvalue weighted by Gasteiger charge is 2.10. The van der Waals surface area contributed by atoms with Gasteiger partial charge in [-0.05, 0) is 68.9 Å². The summed E-state index contributed by atoms with van der Waals surface area (Å²) in [7, 11) is 1.53. The van der Waals surface area contributed by atoms with Crippen LogP contribution in [-0.4, -0.2) is 42.3 Å². The number of aromatic nitrogens is 2. The number of hydrogen-bond acceptors (Lipinski definition) is 4. The van der Waals surface area contributed by atoms with E-state index in [0.29, 0.717) is 6.54 Å². The highest BCUT2D eigenvalue weighted by Crippen LogP contribution is 2.21. The summed E-state index contributed by atoms with van der Waals surface area (Å²) < 4.78 is 13.2. The van der Waals surface area contributed by atoms with Crippen LogP contribution in [0.1, 0.15) is 49.1 Å². The maximum absolute atomic E-state index is 11.4. The van der Waals surface area contributed by atoms with Gasteiger partial charge in [0.05, 0.1) is 17.6 Å². The van der Waals surface area contributed by atoms with Crippen molar-refractivity contribution in [3.05, 3.63) is 59.4 Å². The molecule has 1 N–H and O–H groups in total. The number of hydrogen-bond donors (Lipinski definition) is 1. The van der Waals surface area contributed by atoms with Crippen LogP contribution in [0.25, 0.3) is 11.0 Å². The monoisotopic (exact) mass is 451 g/mol. The van der Waals surface area contributed by atoms with Crippen LogP contribution >= 0.6 is 0 Å². The Kier molecular flexibility index (Phi) is 9.76. The molecule has 0 radical (unpaired) electrons. The van der Waals surface area contributed by atoms with Crippen molar-refractivity contribution < 1.29 is 14.3 Å². The molecule has 0 aliphatic carbocycles. The van der Waals surface area contributed by atoms with Gasteiger partial charge in [0.25, 0.3) is 0 Å². The fraction of sp³-hybridized carbons (Fsp3) is 0.481. The lowest BCUT2D eigenvalue weighted by atomic mass is 10.1. The van der Waals surface area contributed by atoms with Gasteiger partial charge in [-0.2, -0.15) is 0 Å². The predicted octanol–water partition coefficient (Wildman–Crippen LogP) is 4.99. The van der Waals surface area contributed by atoms with Gasteiger partial charge >= 0.3 is 0 Å². The van der Waals surface area contributed by atoms with Gasteiger partial charge in [0.2, 0.25) is 5.91 Å². The van der Waals surface area contributed by atoms with Crippen molar-refractivity contribution in [1.29, 1.82) is 0 Å². The topological polar surface area (TPSA) is 65.4 Å². The molecule has 0 aliphatic rings. The summed E-state index contributed by atoms with van der Waals surface area (Å²) in [5.74, 6) is 2.08. The lowest BCUT2D eigenvalue weighted by Crippen LogP contribution is -2.27. The van der Waals surface area contributed by atoms with Crippen molar-refractivity contribution in [1.82, 2.24) is 14.9 Å². The number of nitrogens with zero attached hydrogens (tertiary/aromatic N) is 2. The summed E-state index contributed by atoms with van der Waals surface area (Å²) in [4.78, 5) is 16.3. The van der Waals surface area contributed by atoms with E-state index in [2.05, 4.69) is 60.1 Å². The Bertz CT molecular complexity index is 1030. The van der Waals surface area contributed by atoms with Crippen molar-refractivity contribution in [2.24, 2.45) is 0 Å². The normalized spacial score (nSPS) is 11.1. The smallest absolute Gasteiger partial charge is 0.245 e. The molecule has 0 fully saturated rings. The second kappa shape index (κ2) is 13.0. The highest BCUT2D eigenvalue weighted by atomic mass is 16.5. The molecule has 6 heteroatoms. The molecule has 2 aromatic carbocycles. The van der Waals surface area contributed by atoms with E-state index in [1.807, 2.05) is 6.07 Å². The number of carbonyl (C=O) groups is 1. The fourth-order valence-electron chi connectivity index (χ4n) is 3.98. The third-order valence-electron chi connectivity index (χ3n) is 5.79. The number of nitrogens with one attached hydrogen (secondary N) is 1. The Hall–Kier alpha value is -2.86. The lowest BCUT2D eigenvalue weighted by Gasteiger charge is -2.12. The van der Waals surface area contributed by atoms with Gasteiger partial charge < -0.3 is 19.4 Å². The lowest BCUT2D eigenvalue weighted by molar-refractivity contribution is -0.124. The van der Waals surface area contributed by atoms with Gasteiger partial charge in [-0.3, -0.25) is 4.79 Å². The van der Waals surface area contributed by atoms with Crippen LogP contribution in [0.4, 0.5) is 0 Å². The molecule has 0 atom stereocenters. The van der Waals surface area contributed by atoms with Crippen LogP contribution in [-0.2, 0) is 22.5 Å². The number of aryl methyl sites for hydroxylation is 4. The number of fused-ring (bicyclic) bond motifs is 1. The fourth-order valence-corrected chi connectivity index (χ4v) is 3.98. The van der Waals surface area contributed by atoms with Gasteiger partial charge in [-0.1, -0.05) is 30.7 Å². The van der Waals surface area contributed by atoms with Crippen LogP contribution in [0, 0.1) is 13.8 Å². The molecule has 0 unspecified atom stereocenters. The van der Waals surface area contributed by atoms with Crippen molar-refractivity contribution in [3.63, 3.8) is 0 Å². The maximum atomic E-state index is 11.4. The minimum Gasteiger partial charge on any atom is -0.493 e. The third-order valence-corrected chi connectivity index (χ3v) is 5.79. The summed E-state index contributed by atoms with van der Waals surface area (Å²) in [6.07, 6.45) is 6.06. The van der Waals surface area contributed by atoms with E-state index >= 15 is 0 Å². The number of imidazole rings is 1. The number of ether oxygens (including phenoxy) is 2. The Morgan fingerprint density at radius 3 is 2.73 bits per heavy atom. The van der Waals surface area contributed by atoms with Crippen LogP contribution in [0.15, 0.2) is 42.5 Å². The molecule has 0 saturated carbocycles. The zero-order valence-corrected chi connectivity index (χ0v) is 20.2. The molecule has 0 bridgehead atoms. The number of carbonyl (C=O) groups excluding carboxylic acids is 1. The maximum Gasteiger partial charge on any atom is 0.245 e. The Morgan fingerprint density at radius 2 is 1.88 bits per heavy atom. The summed E-state index contributed by atoms with van der Waals surface area (Å²) in [6.45, 7) is 6.67. The number of methoxy groups -OCH3 is 1. The summed E-state index contributed by atoms with van der Waals surface area (Å²) in [5, 5.41) is 2.88. The van der Waals surface area contributed by atoms with E-state index in [-0.39, 0.29) is 12.5 Å². The van der Waals surface area contributed by atoms with Crippen LogP contribution in [0.5, 0.6) is 5.75 Å². The average molecular weight is 452 g/mol. The Morgan fingerprint density at radius 1 is 1.03 bits per heavy atom. The molecule has 6 nitrogen and oxygen atoms in total. The van der Waals surface area contributed by atoms with Gasteiger partial charge in [-0.25, -0.2) is 4.98 Å². The number of unbranched alkanes of at least 4 members (excludes halogenated alkanes) is 3. The van der Waals surface area contributed by atoms with Crippen LogP contribution in [0.2, 0.25) is 0 Å². The van der Waals surface area contributed by atoms with Crippen LogP contribution in [0.3, 0.4) is 0 Å². The molecule has 1 heterocycles. The first-order chi connectivity index (χ1) is 16.1. The van der Waals surface area contributed by atoms with E-state index < -0.39 is 0 Å². The zero-order valence-electron chi connectivity index (χ0n) is 20.2.